The van der Waals surface area contributed by atoms with Crippen LogP contribution in [-0.2, 0) is 6.54 Å². The molecular weight excluding hydrogens is 254 g/mol. The van der Waals surface area contributed by atoms with Crippen molar-refractivity contribution in [3.05, 3.63) is 21.9 Å². The Bertz CT molecular complexity index is 485. The fourth-order valence-electron chi connectivity index (χ4n) is 3.10. The molecule has 2 aliphatic heterocycles. The van der Waals surface area contributed by atoms with Gasteiger partial charge in [-0.1, -0.05) is 11.8 Å². The van der Waals surface area contributed by atoms with Gasteiger partial charge in [0.25, 0.3) is 0 Å². The largest absolute Gasteiger partial charge is 0.320 e. The van der Waals surface area contributed by atoms with E-state index in [0.717, 1.165) is 18.2 Å². The molecule has 102 valence electrons. The minimum Gasteiger partial charge on any atom is -0.320 e. The van der Waals surface area contributed by atoms with Gasteiger partial charge in [-0.05, 0) is 25.5 Å². The van der Waals surface area contributed by atoms with Gasteiger partial charge in [-0.3, -0.25) is 9.80 Å². The lowest BCUT2D eigenvalue weighted by Gasteiger charge is -2.37. The highest BCUT2D eigenvalue weighted by molar-refractivity contribution is 7.10. The van der Waals surface area contributed by atoms with E-state index in [4.69, 9.17) is 5.73 Å². The van der Waals surface area contributed by atoms with Gasteiger partial charge in [-0.2, -0.15) is 0 Å². The lowest BCUT2D eigenvalue weighted by atomic mass is 10.1. The Morgan fingerprint density at radius 1 is 1.37 bits per heavy atom. The highest BCUT2D eigenvalue weighted by Gasteiger charge is 2.30. The van der Waals surface area contributed by atoms with Crippen molar-refractivity contribution in [2.45, 2.75) is 25.4 Å². The zero-order chi connectivity index (χ0) is 13.1. The zero-order valence-electron chi connectivity index (χ0n) is 11.3. The number of rotatable bonds is 2. The first-order valence-corrected chi connectivity index (χ1v) is 7.96. The van der Waals surface area contributed by atoms with Crippen molar-refractivity contribution in [2.24, 2.45) is 5.73 Å². The van der Waals surface area contributed by atoms with Crippen LogP contribution in [0.25, 0.3) is 0 Å². The summed E-state index contributed by atoms with van der Waals surface area (Å²) in [5.74, 6) is 6.02. The smallest absolute Gasteiger partial charge is 0.0555 e. The molecule has 0 bridgehead atoms. The van der Waals surface area contributed by atoms with Crippen molar-refractivity contribution in [1.29, 1.82) is 0 Å². The van der Waals surface area contributed by atoms with Crippen molar-refractivity contribution >= 4 is 11.3 Å². The van der Waals surface area contributed by atoms with E-state index in [0.29, 0.717) is 6.54 Å². The summed E-state index contributed by atoms with van der Waals surface area (Å²) in [7, 11) is 0. The van der Waals surface area contributed by atoms with E-state index in [9.17, 15) is 0 Å². The molecule has 1 atom stereocenters. The Hall–Kier alpha value is -0.860. The van der Waals surface area contributed by atoms with Crippen molar-refractivity contribution in [3.8, 4) is 11.8 Å². The lowest BCUT2D eigenvalue weighted by Crippen LogP contribution is -2.49. The number of hydrogen-bond donors (Lipinski definition) is 1. The van der Waals surface area contributed by atoms with Crippen molar-refractivity contribution in [3.63, 3.8) is 0 Å². The molecule has 1 aromatic heterocycles. The third-order valence-corrected chi connectivity index (χ3v) is 4.96. The third kappa shape index (κ3) is 3.18. The quantitative estimate of drug-likeness (QED) is 0.827. The van der Waals surface area contributed by atoms with E-state index >= 15 is 0 Å². The van der Waals surface area contributed by atoms with Gasteiger partial charge in [0.2, 0.25) is 0 Å². The second-order valence-electron chi connectivity index (χ2n) is 5.37. The van der Waals surface area contributed by atoms with Crippen LogP contribution in [0.3, 0.4) is 0 Å². The summed E-state index contributed by atoms with van der Waals surface area (Å²) in [5.41, 5.74) is 6.51. The van der Waals surface area contributed by atoms with Crippen LogP contribution in [-0.4, -0.2) is 48.6 Å². The monoisotopic (exact) mass is 275 g/mol. The summed E-state index contributed by atoms with van der Waals surface area (Å²) < 4.78 is 0. The van der Waals surface area contributed by atoms with Gasteiger partial charge in [0, 0.05) is 48.0 Å². The van der Waals surface area contributed by atoms with Crippen molar-refractivity contribution in [1.82, 2.24) is 9.80 Å². The van der Waals surface area contributed by atoms with Crippen LogP contribution >= 0.6 is 11.3 Å². The standard InChI is InChI=1S/C15H21N3S/c16-5-1-3-13-9-15(19-12-13)11-17-7-8-18-6-2-4-14(18)10-17/h9,12,14H,2,4-8,10-11,16H2. The minimum atomic E-state index is 0.439. The Balaban J connectivity index is 1.57. The van der Waals surface area contributed by atoms with E-state index < -0.39 is 0 Å². The molecule has 0 radical (unpaired) electrons. The number of piperazine rings is 1. The molecular formula is C15H21N3S. The maximum atomic E-state index is 5.40. The lowest BCUT2D eigenvalue weighted by molar-refractivity contribution is 0.100. The maximum absolute atomic E-state index is 5.40. The molecule has 0 aliphatic carbocycles. The molecule has 4 heteroatoms. The molecule has 2 aliphatic rings. The molecule has 3 heterocycles. The first-order chi connectivity index (χ1) is 9.35. The van der Waals surface area contributed by atoms with Crippen LogP contribution < -0.4 is 5.73 Å². The summed E-state index contributed by atoms with van der Waals surface area (Å²) in [6, 6.07) is 3.03. The molecule has 2 fully saturated rings. The van der Waals surface area contributed by atoms with Gasteiger partial charge in [0.1, 0.15) is 0 Å². The SMILES string of the molecule is NCC#Cc1csc(CN2CCN3CCCC3C2)c1. The van der Waals surface area contributed by atoms with Gasteiger partial charge in [-0.25, -0.2) is 0 Å². The summed E-state index contributed by atoms with van der Waals surface area (Å²) in [5, 5.41) is 2.14. The third-order valence-electron chi connectivity index (χ3n) is 4.04. The number of nitrogens with two attached hydrogens (primary N) is 1. The maximum Gasteiger partial charge on any atom is 0.0555 e. The number of fused-ring (bicyclic) bond motifs is 1. The molecule has 3 nitrogen and oxygen atoms in total. The van der Waals surface area contributed by atoms with E-state index in [1.165, 1.54) is 43.9 Å². The topological polar surface area (TPSA) is 32.5 Å². The second-order valence-corrected chi connectivity index (χ2v) is 6.37. The summed E-state index contributed by atoms with van der Waals surface area (Å²) >= 11 is 1.82. The number of hydrogen-bond acceptors (Lipinski definition) is 4. The molecule has 3 rings (SSSR count). The summed E-state index contributed by atoms with van der Waals surface area (Å²) in [6.45, 7) is 6.53. The van der Waals surface area contributed by atoms with Gasteiger partial charge >= 0.3 is 0 Å². The molecule has 0 spiro atoms. The predicted molar refractivity (Wildman–Crippen MR) is 80.1 cm³/mol. The van der Waals surface area contributed by atoms with Gasteiger partial charge in [0.15, 0.2) is 0 Å². The molecule has 0 saturated carbocycles. The van der Waals surface area contributed by atoms with Crippen molar-refractivity contribution in [2.75, 3.05) is 32.7 Å². The minimum absolute atomic E-state index is 0.439. The average Bonchev–Trinajstić information content (AvgIpc) is 3.05. The molecule has 2 saturated heterocycles. The highest BCUT2D eigenvalue weighted by Crippen LogP contribution is 2.24. The Kier molecular flexibility index (Phi) is 4.19. The van der Waals surface area contributed by atoms with Crippen LogP contribution in [0.5, 0.6) is 0 Å². The molecule has 0 aromatic carbocycles. The van der Waals surface area contributed by atoms with Crippen LogP contribution in [0.2, 0.25) is 0 Å². The van der Waals surface area contributed by atoms with Crippen molar-refractivity contribution < 1.29 is 0 Å². The highest BCUT2D eigenvalue weighted by atomic mass is 32.1. The van der Waals surface area contributed by atoms with Crippen LogP contribution in [0.1, 0.15) is 23.3 Å². The summed E-state index contributed by atoms with van der Waals surface area (Å²) in [6.07, 6.45) is 2.77. The second kappa shape index (κ2) is 6.06. The van der Waals surface area contributed by atoms with Crippen LogP contribution in [0, 0.1) is 11.8 Å². The first kappa shape index (κ1) is 13.1. The first-order valence-electron chi connectivity index (χ1n) is 7.08. The van der Waals surface area contributed by atoms with Crippen LogP contribution in [0.4, 0.5) is 0 Å². The Labute approximate surface area is 119 Å². The summed E-state index contributed by atoms with van der Waals surface area (Å²) in [4.78, 5) is 6.68. The van der Waals surface area contributed by atoms with E-state index in [2.05, 4.69) is 33.1 Å². The van der Waals surface area contributed by atoms with Crippen LogP contribution in [0.15, 0.2) is 11.4 Å². The molecule has 1 aromatic rings. The zero-order valence-corrected chi connectivity index (χ0v) is 12.1. The molecule has 2 N–H and O–H groups in total. The fraction of sp³-hybridized carbons (Fsp3) is 0.600. The number of thiophene rings is 1. The predicted octanol–water partition coefficient (Wildman–Crippen LogP) is 1.34. The Morgan fingerprint density at radius 2 is 2.32 bits per heavy atom. The average molecular weight is 275 g/mol. The molecule has 1 unspecified atom stereocenters. The molecule has 19 heavy (non-hydrogen) atoms. The van der Waals surface area contributed by atoms with E-state index in [1.807, 2.05) is 11.3 Å². The van der Waals surface area contributed by atoms with Gasteiger partial charge in [0.05, 0.1) is 6.54 Å². The van der Waals surface area contributed by atoms with Gasteiger partial charge < -0.3 is 5.73 Å². The van der Waals surface area contributed by atoms with E-state index in [1.54, 1.807) is 0 Å². The van der Waals surface area contributed by atoms with Gasteiger partial charge in [-0.15, -0.1) is 11.3 Å². The fourth-order valence-corrected chi connectivity index (χ4v) is 3.96. The van der Waals surface area contributed by atoms with E-state index in [-0.39, 0.29) is 0 Å². The normalized spacial score (nSPS) is 23.9. The number of nitrogens with zero attached hydrogens (tertiary/aromatic N) is 2. The molecule has 0 amide bonds. The Morgan fingerprint density at radius 3 is 3.21 bits per heavy atom.